The maximum absolute atomic E-state index is 13.4. The Morgan fingerprint density at radius 1 is 1.19 bits per heavy atom. The summed E-state index contributed by atoms with van der Waals surface area (Å²) >= 11 is 0. The molecule has 7 heteroatoms. The molecule has 0 saturated heterocycles. The third-order valence-corrected chi connectivity index (χ3v) is 2.66. The van der Waals surface area contributed by atoms with Crippen molar-refractivity contribution in [3.63, 3.8) is 0 Å². The van der Waals surface area contributed by atoms with Crippen molar-refractivity contribution < 1.29 is 40.5 Å². The number of carboxylic acid groups (broad SMARTS) is 1. The predicted octanol–water partition coefficient (Wildman–Crippen LogP) is -1.16. The molecule has 1 aromatic carbocycles. The summed E-state index contributed by atoms with van der Waals surface area (Å²) in [6, 6.07) is 5.54. The third kappa shape index (κ3) is 4.06. The van der Waals surface area contributed by atoms with E-state index in [0.717, 1.165) is 12.1 Å². The largest absolute Gasteiger partial charge is 1.00 e. The third-order valence-electron chi connectivity index (χ3n) is 2.66. The fraction of sp³-hybridized carbons (Fsp3) is 0.0714. The molecule has 1 N–H and O–H groups in total. The number of Topliss-reactive ketones (excluding diaryl/α,β-unsaturated/α-hetero) is 1. The smallest absolute Gasteiger partial charge is 0.341 e. The van der Waals surface area contributed by atoms with Gasteiger partial charge in [0.2, 0.25) is 12.3 Å². The zero-order chi connectivity index (χ0) is 14.7. The molecular formula is C14H10ClF2NO3. The van der Waals surface area contributed by atoms with E-state index in [1.807, 2.05) is 0 Å². The van der Waals surface area contributed by atoms with Gasteiger partial charge in [-0.2, -0.15) is 4.57 Å². The summed E-state index contributed by atoms with van der Waals surface area (Å²) in [6.45, 7) is -0.232. The minimum absolute atomic E-state index is 0. The average Bonchev–Trinajstić information content (AvgIpc) is 2.38. The lowest BCUT2D eigenvalue weighted by Gasteiger charge is -2.01. The Morgan fingerprint density at radius 3 is 2.52 bits per heavy atom. The Labute approximate surface area is 125 Å². The topological polar surface area (TPSA) is 58.2 Å². The number of hydrogen-bond acceptors (Lipinski definition) is 2. The number of hydrogen-bond donors (Lipinski definition) is 1. The van der Waals surface area contributed by atoms with E-state index in [1.165, 1.54) is 29.1 Å². The summed E-state index contributed by atoms with van der Waals surface area (Å²) in [6.07, 6.45) is 2.76. The van der Waals surface area contributed by atoms with Gasteiger partial charge in [0.05, 0.1) is 5.56 Å². The van der Waals surface area contributed by atoms with Gasteiger partial charge in [0.15, 0.2) is 12.4 Å². The van der Waals surface area contributed by atoms with Crippen LogP contribution in [0.4, 0.5) is 8.78 Å². The summed E-state index contributed by atoms with van der Waals surface area (Å²) in [7, 11) is 0. The van der Waals surface area contributed by atoms with E-state index in [9.17, 15) is 18.4 Å². The molecule has 0 radical (unpaired) electrons. The first-order valence-electron chi connectivity index (χ1n) is 5.68. The van der Waals surface area contributed by atoms with Crippen LogP contribution in [-0.4, -0.2) is 16.9 Å². The number of benzene rings is 1. The Bertz CT molecular complexity index is 692. The van der Waals surface area contributed by atoms with E-state index < -0.39 is 23.4 Å². The van der Waals surface area contributed by atoms with Crippen LogP contribution in [0.5, 0.6) is 0 Å². The lowest BCUT2D eigenvalue weighted by atomic mass is 10.1. The van der Waals surface area contributed by atoms with Crippen LogP contribution in [0.15, 0.2) is 42.7 Å². The van der Waals surface area contributed by atoms with Gasteiger partial charge >= 0.3 is 5.97 Å². The van der Waals surface area contributed by atoms with Crippen LogP contribution in [0.2, 0.25) is 0 Å². The molecule has 0 amide bonds. The van der Waals surface area contributed by atoms with Gasteiger partial charge in [-0.05, 0) is 18.2 Å². The van der Waals surface area contributed by atoms with Crippen LogP contribution in [0.25, 0.3) is 0 Å². The molecule has 4 nitrogen and oxygen atoms in total. The summed E-state index contributed by atoms with van der Waals surface area (Å²) < 4.78 is 27.5. The van der Waals surface area contributed by atoms with Gasteiger partial charge in [0.25, 0.3) is 0 Å². The van der Waals surface area contributed by atoms with Crippen LogP contribution in [0.1, 0.15) is 20.7 Å². The molecule has 0 spiro atoms. The second kappa shape index (κ2) is 6.90. The van der Waals surface area contributed by atoms with Crippen molar-refractivity contribution in [3.8, 4) is 0 Å². The zero-order valence-corrected chi connectivity index (χ0v) is 11.3. The minimum Gasteiger partial charge on any atom is -1.00 e. The lowest BCUT2D eigenvalue weighted by molar-refractivity contribution is -0.683. The molecule has 0 atom stereocenters. The molecule has 21 heavy (non-hydrogen) atoms. The summed E-state index contributed by atoms with van der Waals surface area (Å²) in [5, 5.41) is 8.84. The molecule has 1 heterocycles. The van der Waals surface area contributed by atoms with E-state index in [1.54, 1.807) is 0 Å². The highest BCUT2D eigenvalue weighted by atomic mass is 35.5. The van der Waals surface area contributed by atoms with E-state index >= 15 is 0 Å². The zero-order valence-electron chi connectivity index (χ0n) is 10.6. The van der Waals surface area contributed by atoms with E-state index in [0.29, 0.717) is 6.07 Å². The number of pyridine rings is 1. The Balaban J connectivity index is 0.00000220. The monoisotopic (exact) mass is 313 g/mol. The maximum atomic E-state index is 13.4. The highest BCUT2D eigenvalue weighted by Crippen LogP contribution is 2.10. The minimum atomic E-state index is -1.13. The van der Waals surface area contributed by atoms with Gasteiger partial charge in [-0.25, -0.2) is 13.6 Å². The van der Waals surface area contributed by atoms with Crippen molar-refractivity contribution in [2.45, 2.75) is 6.54 Å². The fourth-order valence-corrected chi connectivity index (χ4v) is 1.71. The molecule has 0 aliphatic rings. The quantitative estimate of drug-likeness (QED) is 0.572. The number of nitrogens with zero attached hydrogens (tertiary/aromatic N) is 1. The van der Waals surface area contributed by atoms with Crippen molar-refractivity contribution in [2.75, 3.05) is 0 Å². The first-order chi connectivity index (χ1) is 9.47. The van der Waals surface area contributed by atoms with Crippen molar-refractivity contribution >= 4 is 11.8 Å². The molecule has 2 aromatic rings. The number of carbonyl (C=O) groups excluding carboxylic acids is 1. The number of carbonyl (C=O) groups is 2. The van der Waals surface area contributed by atoms with Crippen molar-refractivity contribution in [3.05, 3.63) is 65.5 Å². The standard InChI is InChI=1S/C14H9F2NO3.ClH/c15-10-3-4-11(12(16)6-10)13(18)8-17-5-1-2-9(7-17)14(19)20;/h1-7H,8H2;1H. The van der Waals surface area contributed by atoms with Crippen molar-refractivity contribution in [1.29, 1.82) is 0 Å². The summed E-state index contributed by atoms with van der Waals surface area (Å²) in [5.74, 6) is -3.40. The fourth-order valence-electron chi connectivity index (χ4n) is 1.71. The van der Waals surface area contributed by atoms with Gasteiger partial charge in [-0.15, -0.1) is 0 Å². The van der Waals surface area contributed by atoms with Crippen LogP contribution in [-0.2, 0) is 6.54 Å². The van der Waals surface area contributed by atoms with E-state index in [4.69, 9.17) is 5.11 Å². The second-order valence-electron chi connectivity index (χ2n) is 4.12. The first kappa shape index (κ1) is 16.7. The number of ketones is 1. The molecule has 0 bridgehead atoms. The summed E-state index contributed by atoms with van der Waals surface area (Å²) in [5.41, 5.74) is -0.223. The van der Waals surface area contributed by atoms with Crippen LogP contribution < -0.4 is 17.0 Å². The highest BCUT2D eigenvalue weighted by Gasteiger charge is 2.18. The number of halogens is 3. The first-order valence-corrected chi connectivity index (χ1v) is 5.68. The predicted molar refractivity (Wildman–Crippen MR) is 64.3 cm³/mol. The van der Waals surface area contributed by atoms with Crippen molar-refractivity contribution in [2.24, 2.45) is 0 Å². The molecule has 1 aromatic heterocycles. The van der Waals surface area contributed by atoms with Gasteiger partial charge in [-0.1, -0.05) is 0 Å². The molecule has 0 fully saturated rings. The highest BCUT2D eigenvalue weighted by molar-refractivity contribution is 5.95. The molecule has 110 valence electrons. The Kier molecular flexibility index (Phi) is 5.49. The van der Waals surface area contributed by atoms with Gasteiger partial charge < -0.3 is 17.5 Å². The molecule has 0 unspecified atom stereocenters. The Morgan fingerprint density at radius 2 is 1.90 bits per heavy atom. The Hall–Kier alpha value is -2.34. The SMILES string of the molecule is O=C(O)c1ccc[n+](CC(=O)c2ccc(F)cc2F)c1.[Cl-]. The van der Waals surface area contributed by atoms with Gasteiger partial charge in [-0.3, -0.25) is 4.79 Å². The second-order valence-corrected chi connectivity index (χ2v) is 4.12. The molecule has 2 rings (SSSR count). The maximum Gasteiger partial charge on any atom is 0.341 e. The molecular weight excluding hydrogens is 304 g/mol. The molecule has 0 aliphatic heterocycles. The summed E-state index contributed by atoms with van der Waals surface area (Å²) in [4.78, 5) is 22.7. The average molecular weight is 314 g/mol. The van der Waals surface area contributed by atoms with Crippen molar-refractivity contribution in [1.82, 2.24) is 0 Å². The number of aromatic carboxylic acids is 1. The van der Waals surface area contributed by atoms with E-state index in [2.05, 4.69) is 0 Å². The molecule has 0 aliphatic carbocycles. The number of carboxylic acids is 1. The van der Waals surface area contributed by atoms with Gasteiger partial charge in [0.1, 0.15) is 17.2 Å². The van der Waals surface area contributed by atoms with Crippen LogP contribution in [0.3, 0.4) is 0 Å². The number of aromatic nitrogens is 1. The van der Waals surface area contributed by atoms with Crippen LogP contribution >= 0.6 is 0 Å². The normalized spacial score (nSPS) is 9.81. The van der Waals surface area contributed by atoms with Crippen LogP contribution in [0, 0.1) is 11.6 Å². The van der Waals surface area contributed by atoms with Gasteiger partial charge in [0, 0.05) is 12.1 Å². The number of rotatable bonds is 4. The van der Waals surface area contributed by atoms with E-state index in [-0.39, 0.29) is 30.1 Å². The lowest BCUT2D eigenvalue weighted by Crippen LogP contribution is -3.00. The molecule has 0 saturated carbocycles.